The summed E-state index contributed by atoms with van der Waals surface area (Å²) in [6.07, 6.45) is 0. The summed E-state index contributed by atoms with van der Waals surface area (Å²) in [6.45, 7) is 5.49. The smallest absolute Gasteiger partial charge is 0.324 e. The molecule has 4 rings (SSSR count). The number of hydrogen-bond acceptors (Lipinski definition) is 8. The summed E-state index contributed by atoms with van der Waals surface area (Å²) in [4.78, 5) is 17.5. The Kier molecular flexibility index (Phi) is 9.46. The molecule has 0 radical (unpaired) electrons. The molecule has 4 aromatic rings. The second kappa shape index (κ2) is 13.0. The number of carbonyl (C=O) groups excluding carboxylic acids is 1. The van der Waals surface area contributed by atoms with Crippen LogP contribution in [0.2, 0.25) is 0 Å². The molecule has 3 aromatic carbocycles. The molecule has 0 N–H and O–H groups in total. The maximum Gasteiger partial charge on any atom is 0.324 e. The number of sulfonamides is 1. The minimum atomic E-state index is -4.15. The van der Waals surface area contributed by atoms with Gasteiger partial charge in [0.15, 0.2) is 0 Å². The van der Waals surface area contributed by atoms with Gasteiger partial charge in [0.1, 0.15) is 29.9 Å². The molecule has 0 unspecified atom stereocenters. The van der Waals surface area contributed by atoms with Gasteiger partial charge in [-0.2, -0.15) is 4.31 Å². The molecule has 41 heavy (non-hydrogen) atoms. The lowest BCUT2D eigenvalue weighted by Gasteiger charge is -2.31. The Morgan fingerprint density at radius 1 is 0.927 bits per heavy atom. The van der Waals surface area contributed by atoms with Gasteiger partial charge >= 0.3 is 5.97 Å². The molecule has 0 amide bonds. The average Bonchev–Trinajstić information content (AvgIpc) is 3.36. The lowest BCUT2D eigenvalue weighted by molar-refractivity contribution is -0.146. The van der Waals surface area contributed by atoms with Gasteiger partial charge in [-0.3, -0.25) is 4.79 Å². The van der Waals surface area contributed by atoms with E-state index in [0.29, 0.717) is 41.0 Å². The zero-order chi connectivity index (χ0) is 29.6. The third kappa shape index (κ3) is 6.96. The number of nitrogens with zero attached hydrogens (tertiary/aromatic N) is 2. The maximum atomic E-state index is 13.9. The predicted octanol–water partition coefficient (Wildman–Crippen LogP) is 5.63. The fourth-order valence-electron chi connectivity index (χ4n) is 4.34. The van der Waals surface area contributed by atoms with Crippen LogP contribution in [0.5, 0.6) is 11.5 Å². The first-order valence-electron chi connectivity index (χ1n) is 13.1. The Labute approximate surface area is 240 Å². The van der Waals surface area contributed by atoms with Crippen LogP contribution in [0.15, 0.2) is 88.2 Å². The summed E-state index contributed by atoms with van der Waals surface area (Å²) in [5.74, 6) is 0.919. The molecule has 0 aliphatic carbocycles. The largest absolute Gasteiger partial charge is 0.497 e. The van der Waals surface area contributed by atoms with Crippen molar-refractivity contribution < 1.29 is 31.8 Å². The summed E-state index contributed by atoms with van der Waals surface area (Å²) in [7, 11) is -1.42. The van der Waals surface area contributed by atoms with E-state index < -0.39 is 22.0 Å². The van der Waals surface area contributed by atoms with Crippen molar-refractivity contribution in [3.63, 3.8) is 0 Å². The summed E-state index contributed by atoms with van der Waals surface area (Å²) < 4.78 is 50.9. The van der Waals surface area contributed by atoms with Gasteiger partial charge in [0.25, 0.3) is 0 Å². The van der Waals surface area contributed by atoms with Gasteiger partial charge in [-0.15, -0.1) is 0 Å². The number of aryl methyl sites for hydroxylation is 1. The topological polar surface area (TPSA) is 108 Å². The van der Waals surface area contributed by atoms with Crippen molar-refractivity contribution in [1.29, 1.82) is 0 Å². The number of esters is 1. The predicted molar refractivity (Wildman–Crippen MR) is 154 cm³/mol. The molecule has 9 nitrogen and oxygen atoms in total. The van der Waals surface area contributed by atoms with E-state index in [0.717, 1.165) is 9.87 Å². The lowest BCUT2D eigenvalue weighted by Crippen LogP contribution is -2.48. The molecule has 0 saturated carbocycles. The molecule has 1 aromatic heterocycles. The third-order valence-electron chi connectivity index (χ3n) is 6.60. The van der Waals surface area contributed by atoms with E-state index in [-0.39, 0.29) is 17.4 Å². The van der Waals surface area contributed by atoms with Gasteiger partial charge < -0.3 is 18.6 Å². The van der Waals surface area contributed by atoms with Crippen LogP contribution < -0.4 is 9.47 Å². The monoisotopic (exact) mass is 578 g/mol. The average molecular weight is 579 g/mol. The molecule has 1 heterocycles. The van der Waals surface area contributed by atoms with Crippen molar-refractivity contribution in [1.82, 2.24) is 9.29 Å². The number of ether oxygens (including phenoxy) is 3. The zero-order valence-corrected chi connectivity index (χ0v) is 24.6. The highest BCUT2D eigenvalue weighted by Gasteiger charge is 2.39. The van der Waals surface area contributed by atoms with Gasteiger partial charge in [-0.1, -0.05) is 44.2 Å². The standard InChI is InChI=1S/C31H34N2O7S/c1-21(2)29(31(34)38-5)33(41(35,36)27-17-15-25(37-4)16-18-27)19-28-22(3)40-30(32-28)24-11-13-26(14-12-24)39-20-23-9-7-6-8-10-23/h6-18,21,29H,19-20H2,1-5H3/t29-/m1/s1. The van der Waals surface area contributed by atoms with E-state index in [2.05, 4.69) is 4.98 Å². The van der Waals surface area contributed by atoms with Gasteiger partial charge in [0, 0.05) is 5.56 Å². The molecular weight excluding hydrogens is 544 g/mol. The Morgan fingerprint density at radius 2 is 1.56 bits per heavy atom. The van der Waals surface area contributed by atoms with Crippen LogP contribution >= 0.6 is 0 Å². The molecule has 216 valence electrons. The van der Waals surface area contributed by atoms with Gasteiger partial charge in [-0.05, 0) is 66.9 Å². The number of oxazole rings is 1. The summed E-state index contributed by atoms with van der Waals surface area (Å²) >= 11 is 0. The van der Waals surface area contributed by atoms with E-state index in [1.807, 2.05) is 54.6 Å². The third-order valence-corrected chi connectivity index (χ3v) is 8.44. The van der Waals surface area contributed by atoms with Crippen LogP contribution in [0.25, 0.3) is 11.5 Å². The summed E-state index contributed by atoms with van der Waals surface area (Å²) in [6, 6.07) is 22.1. The molecule has 0 aliphatic rings. The van der Waals surface area contributed by atoms with Crippen molar-refractivity contribution in [2.45, 2.75) is 44.9 Å². The van der Waals surface area contributed by atoms with E-state index >= 15 is 0 Å². The second-order valence-electron chi connectivity index (χ2n) is 9.76. The lowest BCUT2D eigenvalue weighted by atomic mass is 10.0. The van der Waals surface area contributed by atoms with Crippen molar-refractivity contribution >= 4 is 16.0 Å². The Balaban J connectivity index is 1.61. The Hall–Kier alpha value is -4.15. The van der Waals surface area contributed by atoms with Crippen LogP contribution in [0, 0.1) is 12.8 Å². The first-order chi connectivity index (χ1) is 19.6. The number of aromatic nitrogens is 1. The highest BCUT2D eigenvalue weighted by atomic mass is 32.2. The Morgan fingerprint density at radius 3 is 2.15 bits per heavy atom. The zero-order valence-electron chi connectivity index (χ0n) is 23.7. The van der Waals surface area contributed by atoms with Gasteiger partial charge in [0.2, 0.25) is 15.9 Å². The van der Waals surface area contributed by atoms with Crippen molar-refractivity contribution in [2.24, 2.45) is 5.92 Å². The minimum Gasteiger partial charge on any atom is -0.497 e. The van der Waals surface area contributed by atoms with E-state index in [1.165, 1.54) is 26.4 Å². The molecule has 0 bridgehead atoms. The highest BCUT2D eigenvalue weighted by Crippen LogP contribution is 2.30. The first-order valence-corrected chi connectivity index (χ1v) is 14.5. The number of hydrogen-bond donors (Lipinski definition) is 0. The van der Waals surface area contributed by atoms with Crippen molar-refractivity contribution in [3.8, 4) is 23.0 Å². The van der Waals surface area contributed by atoms with E-state index in [1.54, 1.807) is 32.9 Å². The van der Waals surface area contributed by atoms with Crippen molar-refractivity contribution in [2.75, 3.05) is 14.2 Å². The van der Waals surface area contributed by atoms with Gasteiger partial charge in [-0.25, -0.2) is 13.4 Å². The van der Waals surface area contributed by atoms with Crippen LogP contribution in [0.3, 0.4) is 0 Å². The van der Waals surface area contributed by atoms with Crippen LogP contribution in [-0.2, 0) is 32.7 Å². The van der Waals surface area contributed by atoms with Crippen molar-refractivity contribution in [3.05, 3.63) is 95.9 Å². The SMILES string of the molecule is COC(=O)[C@@H](C(C)C)N(Cc1nc(-c2ccc(OCc3ccccc3)cc2)oc1C)S(=O)(=O)c1ccc(OC)cc1. The molecule has 0 fully saturated rings. The fourth-order valence-corrected chi connectivity index (χ4v) is 6.01. The summed E-state index contributed by atoms with van der Waals surface area (Å²) in [5.41, 5.74) is 2.14. The molecule has 0 spiro atoms. The number of benzene rings is 3. The fraction of sp³-hybridized carbons (Fsp3) is 0.290. The van der Waals surface area contributed by atoms with E-state index in [9.17, 15) is 13.2 Å². The molecular formula is C31H34N2O7S. The van der Waals surface area contributed by atoms with Crippen LogP contribution in [0.1, 0.15) is 30.9 Å². The quantitative estimate of drug-likeness (QED) is 0.199. The number of carbonyl (C=O) groups is 1. The van der Waals surface area contributed by atoms with Crippen LogP contribution in [-0.4, -0.2) is 43.9 Å². The second-order valence-corrected chi connectivity index (χ2v) is 11.6. The molecule has 0 saturated heterocycles. The minimum absolute atomic E-state index is 0.0142. The van der Waals surface area contributed by atoms with E-state index in [4.69, 9.17) is 18.6 Å². The molecule has 1 atom stereocenters. The maximum absolute atomic E-state index is 13.9. The summed E-state index contributed by atoms with van der Waals surface area (Å²) in [5, 5.41) is 0. The highest BCUT2D eigenvalue weighted by molar-refractivity contribution is 7.89. The number of rotatable bonds is 12. The molecule has 10 heteroatoms. The van der Waals surface area contributed by atoms with Gasteiger partial charge in [0.05, 0.1) is 31.4 Å². The Bertz CT molecular complexity index is 1550. The van der Waals surface area contributed by atoms with Crippen LogP contribution in [0.4, 0.5) is 0 Å². The normalized spacial score (nSPS) is 12.4. The number of methoxy groups -OCH3 is 2. The molecule has 0 aliphatic heterocycles. The first kappa shape index (κ1) is 29.8.